The van der Waals surface area contributed by atoms with E-state index in [2.05, 4.69) is 0 Å². The predicted octanol–water partition coefficient (Wildman–Crippen LogP) is 2.58. The Morgan fingerprint density at radius 3 is 2.49 bits per heavy atom. The second-order valence-electron chi connectivity index (χ2n) is 7.91. The number of benzene rings is 2. The lowest BCUT2D eigenvalue weighted by Crippen LogP contribution is -2.49. The van der Waals surface area contributed by atoms with E-state index in [0.29, 0.717) is 11.3 Å². The maximum Gasteiger partial charge on any atom is 0.339 e. The van der Waals surface area contributed by atoms with Gasteiger partial charge in [0.15, 0.2) is 5.41 Å². The van der Waals surface area contributed by atoms with Gasteiger partial charge in [0.05, 0.1) is 6.61 Å². The number of anilines is 1. The first-order valence-corrected chi connectivity index (χ1v) is 10.9. The van der Waals surface area contributed by atoms with Crippen molar-refractivity contribution in [3.05, 3.63) is 88.5 Å². The Morgan fingerprint density at radius 2 is 1.80 bits per heavy atom. The number of nitriles is 1. The van der Waals surface area contributed by atoms with Crippen molar-refractivity contribution in [2.24, 2.45) is 5.73 Å². The van der Waals surface area contributed by atoms with Gasteiger partial charge in [0.2, 0.25) is 11.8 Å². The number of hydrogen-bond donors (Lipinski definition) is 1. The highest BCUT2D eigenvalue weighted by Crippen LogP contribution is 2.54. The van der Waals surface area contributed by atoms with Crippen molar-refractivity contribution in [2.75, 3.05) is 18.1 Å². The second-order valence-corrected chi connectivity index (χ2v) is 7.91. The molecular formula is C26H23N3O6. The molecule has 2 aromatic rings. The fraction of sp³-hybridized carbons (Fsp3) is 0.231. The molecule has 4 rings (SSSR count). The van der Waals surface area contributed by atoms with Gasteiger partial charge in [0, 0.05) is 11.3 Å². The first-order valence-electron chi connectivity index (χ1n) is 10.9. The van der Waals surface area contributed by atoms with Crippen molar-refractivity contribution in [3.8, 4) is 6.07 Å². The highest BCUT2D eigenvalue weighted by molar-refractivity contribution is 6.19. The molecule has 0 radical (unpaired) electrons. The topological polar surface area (TPSA) is 132 Å². The Labute approximate surface area is 202 Å². The fourth-order valence-corrected chi connectivity index (χ4v) is 4.49. The lowest BCUT2D eigenvalue weighted by molar-refractivity contribution is -0.144. The van der Waals surface area contributed by atoms with E-state index in [4.69, 9.17) is 19.9 Å². The molecule has 0 bridgehead atoms. The zero-order valence-corrected chi connectivity index (χ0v) is 19.2. The number of amides is 1. The van der Waals surface area contributed by atoms with E-state index in [1.807, 2.05) is 36.4 Å². The molecule has 2 heterocycles. The van der Waals surface area contributed by atoms with Gasteiger partial charge in [-0.3, -0.25) is 14.5 Å². The number of hydrogen-bond acceptors (Lipinski definition) is 8. The van der Waals surface area contributed by atoms with Gasteiger partial charge in [0.25, 0.3) is 0 Å². The van der Waals surface area contributed by atoms with E-state index >= 15 is 0 Å². The summed E-state index contributed by atoms with van der Waals surface area (Å²) in [6.07, 6.45) is 0. The van der Waals surface area contributed by atoms with Gasteiger partial charge in [0.1, 0.15) is 36.1 Å². The Hall–Kier alpha value is -4.58. The highest BCUT2D eigenvalue weighted by atomic mass is 16.5. The average molecular weight is 473 g/mol. The molecular weight excluding hydrogens is 450 g/mol. The Balaban J connectivity index is 1.78. The third-order valence-electron chi connectivity index (χ3n) is 5.90. The first kappa shape index (κ1) is 23.6. The summed E-state index contributed by atoms with van der Waals surface area (Å²) in [6, 6.07) is 17.7. The Morgan fingerprint density at radius 1 is 1.11 bits per heavy atom. The summed E-state index contributed by atoms with van der Waals surface area (Å²) in [5, 5.41) is 10.0. The lowest BCUT2D eigenvalue weighted by atomic mass is 9.68. The standard InChI is InChI=1S/C26H23N3O6/c1-3-33-24(31)22-16(2)35-23(28)19(13-27)26(22)18-11-7-8-12-20(18)29(25(26)32)14-21(30)34-15-17-9-5-4-6-10-17/h4-12H,3,14-15,28H2,1-2H3/t26-/m0/s1. The maximum absolute atomic E-state index is 14.1. The molecule has 35 heavy (non-hydrogen) atoms. The number of carbonyl (C=O) groups is 3. The molecule has 1 amide bonds. The summed E-state index contributed by atoms with van der Waals surface area (Å²) in [4.78, 5) is 41.1. The summed E-state index contributed by atoms with van der Waals surface area (Å²) in [7, 11) is 0. The molecule has 9 nitrogen and oxygen atoms in total. The van der Waals surface area contributed by atoms with Crippen LogP contribution in [0.25, 0.3) is 0 Å². The number of ether oxygens (including phenoxy) is 3. The predicted molar refractivity (Wildman–Crippen MR) is 124 cm³/mol. The zero-order valence-electron chi connectivity index (χ0n) is 19.2. The van der Waals surface area contributed by atoms with Crippen molar-refractivity contribution in [1.82, 2.24) is 0 Å². The Kier molecular flexibility index (Phi) is 6.30. The molecule has 0 saturated heterocycles. The number of esters is 2. The molecule has 0 aliphatic carbocycles. The van der Waals surface area contributed by atoms with Crippen molar-refractivity contribution in [1.29, 1.82) is 5.26 Å². The van der Waals surface area contributed by atoms with Gasteiger partial charge in [-0.05, 0) is 25.5 Å². The summed E-state index contributed by atoms with van der Waals surface area (Å²) in [5.74, 6) is -2.43. The SMILES string of the molecule is CCOC(=O)C1=C(C)OC(N)=C(C#N)[C@]12C(=O)N(CC(=O)OCc1ccccc1)c1ccccc12. The van der Waals surface area contributed by atoms with Crippen LogP contribution in [-0.4, -0.2) is 31.0 Å². The summed E-state index contributed by atoms with van der Waals surface area (Å²) >= 11 is 0. The number of para-hydroxylation sites is 1. The van der Waals surface area contributed by atoms with E-state index in [1.165, 1.54) is 11.8 Å². The van der Waals surface area contributed by atoms with E-state index < -0.39 is 29.8 Å². The number of fused-ring (bicyclic) bond motifs is 2. The second kappa shape index (κ2) is 9.35. The Bertz CT molecular complexity index is 1310. The van der Waals surface area contributed by atoms with Crippen LogP contribution in [0.5, 0.6) is 0 Å². The molecule has 0 fully saturated rings. The van der Waals surface area contributed by atoms with Crippen LogP contribution in [0, 0.1) is 11.3 Å². The minimum atomic E-state index is -1.91. The van der Waals surface area contributed by atoms with Crippen molar-refractivity contribution in [2.45, 2.75) is 25.9 Å². The smallest absolute Gasteiger partial charge is 0.339 e. The molecule has 2 aliphatic heterocycles. The van der Waals surface area contributed by atoms with Crippen LogP contribution >= 0.6 is 0 Å². The van der Waals surface area contributed by atoms with Gasteiger partial charge in [-0.25, -0.2) is 4.79 Å². The molecule has 2 aromatic carbocycles. The van der Waals surface area contributed by atoms with Crippen LogP contribution in [-0.2, 0) is 40.6 Å². The van der Waals surface area contributed by atoms with Gasteiger partial charge >= 0.3 is 11.9 Å². The molecule has 0 unspecified atom stereocenters. The zero-order chi connectivity index (χ0) is 25.2. The minimum Gasteiger partial charge on any atom is -0.462 e. The van der Waals surface area contributed by atoms with E-state index in [0.717, 1.165) is 5.56 Å². The first-order chi connectivity index (χ1) is 16.9. The van der Waals surface area contributed by atoms with Crippen LogP contribution in [0.3, 0.4) is 0 Å². The number of nitrogens with two attached hydrogens (primary N) is 1. The third-order valence-corrected chi connectivity index (χ3v) is 5.90. The van der Waals surface area contributed by atoms with Crippen molar-refractivity contribution in [3.63, 3.8) is 0 Å². The molecule has 1 spiro atoms. The third kappa shape index (κ3) is 3.79. The maximum atomic E-state index is 14.1. The van der Waals surface area contributed by atoms with Gasteiger partial charge in [-0.15, -0.1) is 0 Å². The number of carbonyl (C=O) groups excluding carboxylic acids is 3. The highest BCUT2D eigenvalue weighted by Gasteiger charge is 2.62. The van der Waals surface area contributed by atoms with Crippen molar-refractivity contribution >= 4 is 23.5 Å². The van der Waals surface area contributed by atoms with Crippen LogP contribution in [0.4, 0.5) is 5.69 Å². The quantitative estimate of drug-likeness (QED) is 0.633. The molecule has 9 heteroatoms. The van der Waals surface area contributed by atoms with Gasteiger partial charge in [-0.1, -0.05) is 48.5 Å². The molecule has 2 aliphatic rings. The molecule has 0 saturated carbocycles. The van der Waals surface area contributed by atoms with Crippen molar-refractivity contribution < 1.29 is 28.6 Å². The molecule has 178 valence electrons. The monoisotopic (exact) mass is 473 g/mol. The van der Waals surface area contributed by atoms with E-state index in [1.54, 1.807) is 31.2 Å². The van der Waals surface area contributed by atoms with Crippen LogP contribution in [0.15, 0.2) is 77.4 Å². The van der Waals surface area contributed by atoms with Gasteiger partial charge < -0.3 is 19.9 Å². The minimum absolute atomic E-state index is 0.0334. The normalized spacial score (nSPS) is 18.8. The summed E-state index contributed by atoms with van der Waals surface area (Å²) in [6.45, 7) is 2.74. The summed E-state index contributed by atoms with van der Waals surface area (Å²) < 4.78 is 16.1. The van der Waals surface area contributed by atoms with Gasteiger partial charge in [-0.2, -0.15) is 5.26 Å². The van der Waals surface area contributed by atoms with Crippen LogP contribution in [0.1, 0.15) is 25.0 Å². The number of allylic oxidation sites excluding steroid dienone is 1. The van der Waals surface area contributed by atoms with Crippen LogP contribution < -0.4 is 10.6 Å². The molecule has 0 aromatic heterocycles. The van der Waals surface area contributed by atoms with Crippen LogP contribution in [0.2, 0.25) is 0 Å². The summed E-state index contributed by atoms with van der Waals surface area (Å²) in [5.41, 5.74) is 5.20. The van der Waals surface area contributed by atoms with E-state index in [-0.39, 0.29) is 36.0 Å². The molecule has 1 atom stereocenters. The fourth-order valence-electron chi connectivity index (χ4n) is 4.49. The average Bonchev–Trinajstić information content (AvgIpc) is 3.07. The van der Waals surface area contributed by atoms with E-state index in [9.17, 15) is 19.6 Å². The number of nitrogens with zero attached hydrogens (tertiary/aromatic N) is 2. The lowest BCUT2D eigenvalue weighted by Gasteiger charge is -2.34. The number of rotatable bonds is 6. The molecule has 2 N–H and O–H groups in total. The largest absolute Gasteiger partial charge is 0.462 e.